The number of rotatable bonds is 4. The summed E-state index contributed by atoms with van der Waals surface area (Å²) in [6.07, 6.45) is 0.0705. The highest BCUT2D eigenvalue weighted by molar-refractivity contribution is 5.47. The van der Waals surface area contributed by atoms with Crippen molar-refractivity contribution in [1.82, 2.24) is 0 Å². The Hall–Kier alpha value is -1.36. The van der Waals surface area contributed by atoms with Gasteiger partial charge in [-0.05, 0) is 0 Å². The predicted molar refractivity (Wildman–Crippen MR) is 50.3 cm³/mol. The van der Waals surface area contributed by atoms with Crippen molar-refractivity contribution in [2.45, 2.75) is 6.42 Å². The minimum Gasteiger partial charge on any atom is -0.493 e. The number of hydrogen-bond acceptors (Lipinski definition) is 3. The molecule has 5 heteroatoms. The first-order chi connectivity index (χ1) is 7.15. The van der Waals surface area contributed by atoms with Gasteiger partial charge in [0.05, 0.1) is 14.2 Å². The summed E-state index contributed by atoms with van der Waals surface area (Å²) in [5.74, 6) is -1.80. The van der Waals surface area contributed by atoms with Gasteiger partial charge >= 0.3 is 0 Å². The third-order valence-electron chi connectivity index (χ3n) is 2.01. The van der Waals surface area contributed by atoms with Crippen LogP contribution in [0, 0.1) is 11.6 Å². The predicted octanol–water partition coefficient (Wildman–Crippen LogP) is 1.52. The van der Waals surface area contributed by atoms with Gasteiger partial charge in [0.15, 0.2) is 23.1 Å². The highest BCUT2D eigenvalue weighted by Crippen LogP contribution is 2.34. The molecule has 0 aromatic heterocycles. The maximum atomic E-state index is 13.2. The van der Waals surface area contributed by atoms with Gasteiger partial charge in [-0.2, -0.15) is 0 Å². The van der Waals surface area contributed by atoms with Crippen LogP contribution in [0.3, 0.4) is 0 Å². The third kappa shape index (κ3) is 2.18. The minimum absolute atomic E-state index is 0.0705. The zero-order valence-electron chi connectivity index (χ0n) is 8.51. The molecule has 0 saturated heterocycles. The number of methoxy groups -OCH3 is 2. The average molecular weight is 218 g/mol. The van der Waals surface area contributed by atoms with Gasteiger partial charge in [0.1, 0.15) is 0 Å². The monoisotopic (exact) mass is 218 g/mol. The number of ether oxygens (including phenoxy) is 2. The minimum atomic E-state index is -0.806. The lowest BCUT2D eigenvalue weighted by Crippen LogP contribution is -2.04. The van der Waals surface area contributed by atoms with E-state index in [1.54, 1.807) is 0 Å². The van der Waals surface area contributed by atoms with Crippen molar-refractivity contribution in [3.8, 4) is 11.5 Å². The zero-order chi connectivity index (χ0) is 11.4. The molecule has 3 nitrogen and oxygen atoms in total. The Morgan fingerprint density at radius 1 is 1.13 bits per heavy atom. The Balaban J connectivity index is 3.36. The summed E-state index contributed by atoms with van der Waals surface area (Å²) < 4.78 is 36.1. The van der Waals surface area contributed by atoms with E-state index in [0.717, 1.165) is 0 Å². The molecule has 0 aliphatic carbocycles. The van der Waals surface area contributed by atoms with Crippen LogP contribution in [0.25, 0.3) is 0 Å². The van der Waals surface area contributed by atoms with Crippen molar-refractivity contribution in [2.24, 2.45) is 0 Å². The molecule has 0 saturated carbocycles. The van der Waals surface area contributed by atoms with Crippen LogP contribution in [-0.4, -0.2) is 25.9 Å². The molecule has 0 aliphatic heterocycles. The van der Waals surface area contributed by atoms with Crippen LogP contribution in [-0.2, 0) is 6.42 Å². The molecule has 1 rings (SSSR count). The molecular formula is C10H12F2O3. The molecule has 1 aromatic rings. The Bertz CT molecular complexity index is 325. The highest BCUT2D eigenvalue weighted by Gasteiger charge is 2.19. The summed E-state index contributed by atoms with van der Waals surface area (Å²) in [5.41, 5.74) is 0.194. The summed E-state index contributed by atoms with van der Waals surface area (Å²) in [4.78, 5) is 0. The molecule has 0 unspecified atom stereocenters. The maximum absolute atomic E-state index is 13.2. The van der Waals surface area contributed by atoms with E-state index >= 15 is 0 Å². The fourth-order valence-corrected chi connectivity index (χ4v) is 1.41. The van der Waals surface area contributed by atoms with Gasteiger partial charge in [-0.3, -0.25) is 0 Å². The molecule has 0 atom stereocenters. The second-order valence-electron chi connectivity index (χ2n) is 2.86. The second kappa shape index (κ2) is 4.93. The first-order valence-corrected chi connectivity index (χ1v) is 4.35. The fraction of sp³-hybridized carbons (Fsp3) is 0.400. The number of hydrogen-bond donors (Lipinski definition) is 1. The van der Waals surface area contributed by atoms with Crippen LogP contribution in [0.5, 0.6) is 11.5 Å². The Labute approximate surface area is 86.2 Å². The molecule has 0 amide bonds. The van der Waals surface area contributed by atoms with E-state index in [1.807, 2.05) is 0 Å². The van der Waals surface area contributed by atoms with Gasteiger partial charge in [0, 0.05) is 24.7 Å². The van der Waals surface area contributed by atoms with Crippen molar-refractivity contribution in [3.05, 3.63) is 23.3 Å². The molecule has 0 spiro atoms. The van der Waals surface area contributed by atoms with Gasteiger partial charge in [-0.1, -0.05) is 0 Å². The van der Waals surface area contributed by atoms with Crippen molar-refractivity contribution in [1.29, 1.82) is 0 Å². The largest absolute Gasteiger partial charge is 0.493 e. The molecule has 84 valence electrons. The van der Waals surface area contributed by atoms with Crippen molar-refractivity contribution in [3.63, 3.8) is 0 Å². The van der Waals surface area contributed by atoms with Crippen LogP contribution < -0.4 is 9.47 Å². The summed E-state index contributed by atoms with van der Waals surface area (Å²) in [6, 6.07) is 0.693. The zero-order valence-corrected chi connectivity index (χ0v) is 8.51. The molecule has 15 heavy (non-hydrogen) atoms. The van der Waals surface area contributed by atoms with Crippen molar-refractivity contribution in [2.75, 3.05) is 20.8 Å². The van der Waals surface area contributed by atoms with Crippen molar-refractivity contribution >= 4 is 0 Å². The topological polar surface area (TPSA) is 38.7 Å². The third-order valence-corrected chi connectivity index (χ3v) is 2.01. The standard InChI is InChI=1S/C10H12F2O3/c1-14-9-6(3-4-13)10(15-2)8(12)5-7(9)11/h5,13H,3-4H2,1-2H3. The molecule has 0 heterocycles. The smallest absolute Gasteiger partial charge is 0.168 e. The van der Waals surface area contributed by atoms with E-state index in [-0.39, 0.29) is 30.1 Å². The van der Waals surface area contributed by atoms with Crippen LogP contribution in [0.15, 0.2) is 6.07 Å². The summed E-state index contributed by atoms with van der Waals surface area (Å²) >= 11 is 0. The van der Waals surface area contributed by atoms with E-state index < -0.39 is 11.6 Å². The summed E-state index contributed by atoms with van der Waals surface area (Å²) in [6.45, 7) is -0.240. The summed E-state index contributed by atoms with van der Waals surface area (Å²) in [7, 11) is 2.55. The quantitative estimate of drug-likeness (QED) is 0.832. The first kappa shape index (κ1) is 11.7. The molecule has 0 radical (unpaired) electrons. The average Bonchev–Trinajstić information content (AvgIpc) is 2.18. The number of aliphatic hydroxyl groups is 1. The van der Waals surface area contributed by atoms with E-state index in [2.05, 4.69) is 0 Å². The Morgan fingerprint density at radius 3 is 1.93 bits per heavy atom. The fourth-order valence-electron chi connectivity index (χ4n) is 1.41. The SMILES string of the molecule is COc1c(F)cc(F)c(OC)c1CCO. The maximum Gasteiger partial charge on any atom is 0.168 e. The number of benzene rings is 1. The molecular weight excluding hydrogens is 206 g/mol. The number of halogens is 2. The summed E-state index contributed by atoms with van der Waals surface area (Å²) in [5, 5.41) is 8.79. The van der Waals surface area contributed by atoms with Crippen LogP contribution in [0.2, 0.25) is 0 Å². The van der Waals surface area contributed by atoms with Crippen LogP contribution >= 0.6 is 0 Å². The lowest BCUT2D eigenvalue weighted by Gasteiger charge is -2.13. The lowest BCUT2D eigenvalue weighted by atomic mass is 10.1. The van der Waals surface area contributed by atoms with Crippen molar-refractivity contribution < 1.29 is 23.4 Å². The van der Waals surface area contributed by atoms with E-state index in [1.165, 1.54) is 14.2 Å². The Kier molecular flexibility index (Phi) is 3.85. The van der Waals surface area contributed by atoms with Crippen LogP contribution in [0.1, 0.15) is 5.56 Å². The van der Waals surface area contributed by atoms with E-state index in [0.29, 0.717) is 6.07 Å². The van der Waals surface area contributed by atoms with E-state index in [4.69, 9.17) is 14.6 Å². The molecule has 0 bridgehead atoms. The van der Waals surface area contributed by atoms with Gasteiger partial charge in [-0.15, -0.1) is 0 Å². The van der Waals surface area contributed by atoms with Gasteiger partial charge in [0.2, 0.25) is 0 Å². The normalized spacial score (nSPS) is 10.2. The molecule has 0 aliphatic rings. The van der Waals surface area contributed by atoms with Crippen LogP contribution in [0.4, 0.5) is 8.78 Å². The molecule has 1 N–H and O–H groups in total. The van der Waals surface area contributed by atoms with Gasteiger partial charge < -0.3 is 14.6 Å². The number of aliphatic hydroxyl groups excluding tert-OH is 1. The van der Waals surface area contributed by atoms with Gasteiger partial charge in [-0.25, -0.2) is 8.78 Å². The first-order valence-electron chi connectivity index (χ1n) is 4.35. The highest BCUT2D eigenvalue weighted by atomic mass is 19.1. The molecule has 1 aromatic carbocycles. The molecule has 0 fully saturated rings. The van der Waals surface area contributed by atoms with Gasteiger partial charge in [0.25, 0.3) is 0 Å². The Morgan fingerprint density at radius 2 is 1.60 bits per heavy atom. The van der Waals surface area contributed by atoms with E-state index in [9.17, 15) is 8.78 Å². The second-order valence-corrected chi connectivity index (χ2v) is 2.86. The lowest BCUT2D eigenvalue weighted by molar-refractivity contribution is 0.289.